The van der Waals surface area contributed by atoms with E-state index < -0.39 is 6.10 Å². The first-order valence-corrected chi connectivity index (χ1v) is 9.55. The van der Waals surface area contributed by atoms with E-state index in [-0.39, 0.29) is 5.91 Å². The van der Waals surface area contributed by atoms with Gasteiger partial charge in [0.1, 0.15) is 17.1 Å². The highest BCUT2D eigenvalue weighted by atomic mass is 16.6. The largest absolute Gasteiger partial charge is 0.481 e. The molecule has 1 atom stereocenters. The van der Waals surface area contributed by atoms with Gasteiger partial charge < -0.3 is 9.64 Å². The Morgan fingerprint density at radius 2 is 1.86 bits per heavy atom. The molecule has 1 aromatic heterocycles. The number of hydrogen-bond acceptors (Lipinski definition) is 6. The van der Waals surface area contributed by atoms with Crippen molar-refractivity contribution in [1.29, 1.82) is 0 Å². The number of aromatic nitrogens is 2. The highest BCUT2D eigenvalue weighted by Crippen LogP contribution is 2.22. The second-order valence-electron chi connectivity index (χ2n) is 7.17. The lowest BCUT2D eigenvalue weighted by Gasteiger charge is -2.35. The fourth-order valence-electron chi connectivity index (χ4n) is 3.48. The zero-order valence-electron chi connectivity index (χ0n) is 16.2. The average Bonchev–Trinajstić information content (AvgIpc) is 3.12. The van der Waals surface area contributed by atoms with Crippen LogP contribution in [0, 0.1) is 6.92 Å². The molecule has 0 aliphatic carbocycles. The van der Waals surface area contributed by atoms with Gasteiger partial charge in [0.05, 0.1) is 0 Å². The van der Waals surface area contributed by atoms with E-state index in [9.17, 15) is 4.79 Å². The third kappa shape index (κ3) is 3.99. The summed E-state index contributed by atoms with van der Waals surface area (Å²) in [7, 11) is 0. The number of piperazine rings is 1. The summed E-state index contributed by atoms with van der Waals surface area (Å²) >= 11 is 0. The van der Waals surface area contributed by atoms with Crippen molar-refractivity contribution in [3.63, 3.8) is 0 Å². The molecule has 2 heterocycles. The number of carbonyl (C=O) groups is 1. The SMILES string of the molecule is Cc1nonc1CN1CCN(C(=O)C(C)Oc2ccc3ccccc3c2)CC1. The van der Waals surface area contributed by atoms with E-state index >= 15 is 0 Å². The maximum Gasteiger partial charge on any atom is 0.263 e. The van der Waals surface area contributed by atoms with Crippen molar-refractivity contribution in [3.05, 3.63) is 53.9 Å². The molecular formula is C21H24N4O3. The highest BCUT2D eigenvalue weighted by molar-refractivity contribution is 5.84. The van der Waals surface area contributed by atoms with E-state index in [0.717, 1.165) is 35.2 Å². The van der Waals surface area contributed by atoms with Crippen LogP contribution in [-0.2, 0) is 11.3 Å². The van der Waals surface area contributed by atoms with Crippen molar-refractivity contribution in [2.24, 2.45) is 0 Å². The first-order valence-electron chi connectivity index (χ1n) is 9.55. The maximum absolute atomic E-state index is 12.8. The Labute approximate surface area is 163 Å². The molecule has 0 N–H and O–H groups in total. The molecule has 7 nitrogen and oxygen atoms in total. The van der Waals surface area contributed by atoms with E-state index in [0.29, 0.717) is 25.4 Å². The van der Waals surface area contributed by atoms with Gasteiger partial charge in [-0.15, -0.1) is 0 Å². The van der Waals surface area contributed by atoms with Crippen molar-refractivity contribution >= 4 is 16.7 Å². The summed E-state index contributed by atoms with van der Waals surface area (Å²) in [6, 6.07) is 14.0. The number of fused-ring (bicyclic) bond motifs is 1. The Morgan fingerprint density at radius 3 is 2.57 bits per heavy atom. The molecule has 1 amide bonds. The lowest BCUT2D eigenvalue weighted by molar-refractivity contribution is -0.139. The number of ether oxygens (including phenoxy) is 1. The van der Waals surface area contributed by atoms with Gasteiger partial charge in [-0.05, 0) is 36.8 Å². The van der Waals surface area contributed by atoms with Gasteiger partial charge in [0.15, 0.2) is 6.10 Å². The molecule has 4 rings (SSSR count). The highest BCUT2D eigenvalue weighted by Gasteiger charge is 2.26. The molecule has 146 valence electrons. The molecule has 0 radical (unpaired) electrons. The third-order valence-corrected chi connectivity index (χ3v) is 5.19. The maximum atomic E-state index is 12.8. The van der Waals surface area contributed by atoms with Crippen LogP contribution in [0.2, 0.25) is 0 Å². The molecule has 2 aromatic carbocycles. The topological polar surface area (TPSA) is 71.7 Å². The van der Waals surface area contributed by atoms with Crippen molar-refractivity contribution in [1.82, 2.24) is 20.1 Å². The van der Waals surface area contributed by atoms with E-state index in [1.165, 1.54) is 0 Å². The molecule has 0 spiro atoms. The Balaban J connectivity index is 1.32. The number of nitrogens with zero attached hydrogens (tertiary/aromatic N) is 4. The molecule has 1 aliphatic rings. The van der Waals surface area contributed by atoms with Crippen LogP contribution in [0.15, 0.2) is 47.1 Å². The predicted octanol–water partition coefficient (Wildman–Crippen LogP) is 2.64. The van der Waals surface area contributed by atoms with Crippen LogP contribution >= 0.6 is 0 Å². The summed E-state index contributed by atoms with van der Waals surface area (Å²) < 4.78 is 10.7. The summed E-state index contributed by atoms with van der Waals surface area (Å²) in [6.45, 7) is 7.33. The Hall–Kier alpha value is -2.93. The quantitative estimate of drug-likeness (QED) is 0.678. The number of amides is 1. The molecule has 7 heteroatoms. The van der Waals surface area contributed by atoms with E-state index in [1.807, 2.05) is 55.1 Å². The Morgan fingerprint density at radius 1 is 1.11 bits per heavy atom. The minimum atomic E-state index is -0.519. The molecular weight excluding hydrogens is 356 g/mol. The van der Waals surface area contributed by atoms with Crippen LogP contribution in [0.25, 0.3) is 10.8 Å². The van der Waals surface area contributed by atoms with Crippen LogP contribution < -0.4 is 4.74 Å². The summed E-state index contributed by atoms with van der Waals surface area (Å²) in [5.41, 5.74) is 1.67. The Bertz CT molecular complexity index is 963. The zero-order chi connectivity index (χ0) is 19.5. The second-order valence-corrected chi connectivity index (χ2v) is 7.17. The van der Waals surface area contributed by atoms with Crippen molar-refractivity contribution in [2.75, 3.05) is 26.2 Å². The van der Waals surface area contributed by atoms with Gasteiger partial charge in [-0.25, -0.2) is 4.63 Å². The van der Waals surface area contributed by atoms with Gasteiger partial charge in [-0.3, -0.25) is 9.69 Å². The number of carbonyl (C=O) groups excluding carboxylic acids is 1. The third-order valence-electron chi connectivity index (χ3n) is 5.19. The fraction of sp³-hybridized carbons (Fsp3) is 0.381. The zero-order valence-corrected chi connectivity index (χ0v) is 16.2. The van der Waals surface area contributed by atoms with E-state index in [4.69, 9.17) is 9.37 Å². The molecule has 1 saturated heterocycles. The van der Waals surface area contributed by atoms with E-state index in [2.05, 4.69) is 21.3 Å². The van der Waals surface area contributed by atoms with Crippen LogP contribution in [0.3, 0.4) is 0 Å². The summed E-state index contributed by atoms with van der Waals surface area (Å²) in [4.78, 5) is 16.9. The number of rotatable bonds is 5. The van der Waals surface area contributed by atoms with Gasteiger partial charge in [-0.2, -0.15) is 0 Å². The van der Waals surface area contributed by atoms with Crippen LogP contribution in [-0.4, -0.2) is 58.3 Å². The first kappa shape index (κ1) is 18.4. The van der Waals surface area contributed by atoms with Crippen LogP contribution in [0.5, 0.6) is 5.75 Å². The lowest BCUT2D eigenvalue weighted by Crippen LogP contribution is -2.51. The summed E-state index contributed by atoms with van der Waals surface area (Å²) in [5, 5.41) is 10.0. The van der Waals surface area contributed by atoms with Crippen LogP contribution in [0.1, 0.15) is 18.3 Å². The summed E-state index contributed by atoms with van der Waals surface area (Å²) in [5.74, 6) is 0.735. The normalized spacial score (nSPS) is 16.3. The fourth-order valence-corrected chi connectivity index (χ4v) is 3.48. The second kappa shape index (κ2) is 7.98. The van der Waals surface area contributed by atoms with Gasteiger partial charge in [0.25, 0.3) is 5.91 Å². The minimum absolute atomic E-state index is 0.0205. The van der Waals surface area contributed by atoms with Crippen molar-refractivity contribution in [3.8, 4) is 5.75 Å². The van der Waals surface area contributed by atoms with Crippen LogP contribution in [0.4, 0.5) is 0 Å². The van der Waals surface area contributed by atoms with Gasteiger partial charge >= 0.3 is 0 Å². The monoisotopic (exact) mass is 380 g/mol. The molecule has 0 saturated carbocycles. The minimum Gasteiger partial charge on any atom is -0.481 e. The molecule has 1 aliphatic heterocycles. The van der Waals surface area contributed by atoms with E-state index in [1.54, 1.807) is 0 Å². The Kier molecular flexibility index (Phi) is 5.25. The molecule has 0 bridgehead atoms. The number of benzene rings is 2. The van der Waals surface area contributed by atoms with Crippen molar-refractivity contribution < 1.29 is 14.2 Å². The standard InChI is InChI=1S/C21H24N4O3/c1-15-20(23-28-22-15)14-24-9-11-25(12-10-24)21(26)16(2)27-19-8-7-17-5-3-4-6-18(17)13-19/h3-8,13,16H,9-12,14H2,1-2H3. The van der Waals surface area contributed by atoms with Gasteiger partial charge in [0.2, 0.25) is 0 Å². The summed E-state index contributed by atoms with van der Waals surface area (Å²) in [6.07, 6.45) is -0.519. The first-order chi connectivity index (χ1) is 13.6. The van der Waals surface area contributed by atoms with Crippen molar-refractivity contribution in [2.45, 2.75) is 26.5 Å². The number of aryl methyl sites for hydroxylation is 1. The van der Waals surface area contributed by atoms with Gasteiger partial charge in [-0.1, -0.05) is 40.6 Å². The molecule has 1 unspecified atom stereocenters. The number of hydrogen-bond donors (Lipinski definition) is 0. The molecule has 28 heavy (non-hydrogen) atoms. The predicted molar refractivity (Wildman–Crippen MR) is 105 cm³/mol. The molecule has 1 fully saturated rings. The van der Waals surface area contributed by atoms with Gasteiger partial charge in [0, 0.05) is 32.7 Å². The molecule has 3 aromatic rings. The smallest absolute Gasteiger partial charge is 0.263 e. The average molecular weight is 380 g/mol. The lowest BCUT2D eigenvalue weighted by atomic mass is 10.1.